The molecular formula is C13H32N2O. The molecule has 0 atom stereocenters. The van der Waals surface area contributed by atoms with Gasteiger partial charge in [-0.1, -0.05) is 41.5 Å². The van der Waals surface area contributed by atoms with Crippen LogP contribution in [-0.4, -0.2) is 37.5 Å². The molecule has 1 N–H and O–H groups in total. The summed E-state index contributed by atoms with van der Waals surface area (Å²) >= 11 is 0. The molecule has 0 saturated carbocycles. The van der Waals surface area contributed by atoms with E-state index in [-0.39, 0.29) is 5.91 Å². The Hall–Kier alpha value is -0.570. The van der Waals surface area contributed by atoms with Crippen molar-refractivity contribution in [2.75, 3.05) is 26.7 Å². The van der Waals surface area contributed by atoms with Crippen molar-refractivity contribution in [3.8, 4) is 0 Å². The lowest BCUT2D eigenvalue weighted by molar-refractivity contribution is -0.121. The van der Waals surface area contributed by atoms with Crippen molar-refractivity contribution in [3.63, 3.8) is 0 Å². The predicted molar refractivity (Wildman–Crippen MR) is 73.8 cm³/mol. The van der Waals surface area contributed by atoms with E-state index >= 15 is 0 Å². The van der Waals surface area contributed by atoms with Gasteiger partial charge >= 0.3 is 0 Å². The van der Waals surface area contributed by atoms with Crippen LogP contribution in [0.15, 0.2) is 0 Å². The van der Waals surface area contributed by atoms with Crippen molar-refractivity contribution in [2.24, 2.45) is 0 Å². The summed E-state index contributed by atoms with van der Waals surface area (Å²) < 4.78 is 0. The predicted octanol–water partition coefficient (Wildman–Crippen LogP) is 2.91. The number of likely N-dealkylation sites (N-methyl/N-ethyl adjacent to an activating group) is 1. The second kappa shape index (κ2) is 19.9. The van der Waals surface area contributed by atoms with E-state index in [0.29, 0.717) is 6.54 Å². The van der Waals surface area contributed by atoms with Crippen LogP contribution < -0.4 is 5.32 Å². The van der Waals surface area contributed by atoms with Crippen LogP contribution in [0.2, 0.25) is 0 Å². The summed E-state index contributed by atoms with van der Waals surface area (Å²) in [5.74, 6) is 0.108. The molecule has 0 bridgehead atoms. The van der Waals surface area contributed by atoms with E-state index in [2.05, 4.69) is 24.1 Å². The van der Waals surface area contributed by atoms with Crippen LogP contribution in [0, 0.1) is 0 Å². The monoisotopic (exact) mass is 232 g/mol. The first kappa shape index (κ1) is 20.8. The molecule has 16 heavy (non-hydrogen) atoms. The van der Waals surface area contributed by atoms with Gasteiger partial charge in [0.1, 0.15) is 0 Å². The Morgan fingerprint density at radius 1 is 1.00 bits per heavy atom. The summed E-state index contributed by atoms with van der Waals surface area (Å²) in [6.45, 7) is 14.8. The third-order valence-corrected chi connectivity index (χ3v) is 1.73. The first-order valence-electron chi connectivity index (χ1n) is 6.67. The highest BCUT2D eigenvalue weighted by Crippen LogP contribution is 1.92. The molecule has 0 saturated heterocycles. The maximum absolute atomic E-state index is 11.0. The van der Waals surface area contributed by atoms with Gasteiger partial charge in [0.2, 0.25) is 5.91 Å². The Bertz CT molecular complexity index is 121. The summed E-state index contributed by atoms with van der Waals surface area (Å²) in [7, 11) is 1.68. The Morgan fingerprint density at radius 3 is 1.62 bits per heavy atom. The van der Waals surface area contributed by atoms with E-state index in [0.717, 1.165) is 25.9 Å². The van der Waals surface area contributed by atoms with Crippen molar-refractivity contribution in [1.29, 1.82) is 0 Å². The number of amides is 1. The van der Waals surface area contributed by atoms with E-state index < -0.39 is 0 Å². The summed E-state index contributed by atoms with van der Waals surface area (Å²) in [4.78, 5) is 13.2. The molecule has 1 amide bonds. The van der Waals surface area contributed by atoms with E-state index in [1.165, 1.54) is 0 Å². The van der Waals surface area contributed by atoms with Crippen molar-refractivity contribution >= 4 is 5.91 Å². The molecule has 0 fully saturated rings. The van der Waals surface area contributed by atoms with E-state index in [1.54, 1.807) is 7.05 Å². The number of carbonyl (C=O) groups excluding carboxylic acids is 1. The molecule has 100 valence electrons. The lowest BCUT2D eigenvalue weighted by Gasteiger charge is -2.19. The molecule has 3 heteroatoms. The Labute approximate surface area is 103 Å². The first-order valence-corrected chi connectivity index (χ1v) is 6.67. The van der Waals surface area contributed by atoms with Gasteiger partial charge in [0.15, 0.2) is 0 Å². The molecule has 0 aromatic rings. The maximum atomic E-state index is 11.0. The first-order chi connectivity index (χ1) is 7.74. The zero-order valence-corrected chi connectivity index (χ0v) is 12.4. The molecule has 0 aliphatic rings. The highest BCUT2D eigenvalue weighted by Gasteiger charge is 2.06. The normalized spacial score (nSPS) is 8.50. The summed E-state index contributed by atoms with van der Waals surface area (Å²) in [6, 6.07) is 0. The number of carbonyl (C=O) groups is 1. The Morgan fingerprint density at radius 2 is 1.38 bits per heavy atom. The molecule has 0 radical (unpaired) electrons. The summed E-state index contributed by atoms with van der Waals surface area (Å²) in [5.41, 5.74) is 0. The fraction of sp³-hybridized carbons (Fsp3) is 0.923. The molecule has 0 unspecified atom stereocenters. The molecule has 0 aliphatic carbocycles. The topological polar surface area (TPSA) is 32.3 Å². The largest absolute Gasteiger partial charge is 0.358 e. The van der Waals surface area contributed by atoms with Gasteiger partial charge in [0.05, 0.1) is 6.54 Å². The van der Waals surface area contributed by atoms with Crippen LogP contribution >= 0.6 is 0 Å². The van der Waals surface area contributed by atoms with Crippen LogP contribution in [0.1, 0.15) is 54.4 Å². The number of hydrogen-bond acceptors (Lipinski definition) is 2. The van der Waals surface area contributed by atoms with Gasteiger partial charge < -0.3 is 5.32 Å². The number of nitrogens with zero attached hydrogens (tertiary/aromatic N) is 1. The molecular weight excluding hydrogens is 200 g/mol. The minimum absolute atomic E-state index is 0.108. The molecule has 0 spiro atoms. The minimum atomic E-state index is 0.108. The van der Waals surface area contributed by atoms with Gasteiger partial charge in [-0.15, -0.1) is 0 Å². The second-order valence-electron chi connectivity index (χ2n) is 2.95. The fourth-order valence-electron chi connectivity index (χ4n) is 1.18. The summed E-state index contributed by atoms with van der Waals surface area (Å²) in [5, 5.41) is 2.63. The lowest BCUT2D eigenvalue weighted by Crippen LogP contribution is -2.36. The Kier molecular flexibility index (Phi) is 25.9. The van der Waals surface area contributed by atoms with Crippen molar-refractivity contribution in [2.45, 2.75) is 54.4 Å². The van der Waals surface area contributed by atoms with Crippen molar-refractivity contribution in [1.82, 2.24) is 10.2 Å². The summed E-state index contributed by atoms with van der Waals surface area (Å²) in [6.07, 6.45) is 2.22. The Balaban J connectivity index is -0.000000376. The molecule has 0 heterocycles. The lowest BCUT2D eigenvalue weighted by atomic mass is 10.3. The van der Waals surface area contributed by atoms with Gasteiger partial charge in [-0.05, 0) is 25.9 Å². The molecule has 3 nitrogen and oxygen atoms in total. The smallest absolute Gasteiger partial charge is 0.233 e. The molecule has 0 aromatic carbocycles. The SMILES string of the molecule is CC.CC.CCCN(CCC)CC(=O)NC. The second-order valence-corrected chi connectivity index (χ2v) is 2.95. The number of hydrogen-bond donors (Lipinski definition) is 1. The van der Waals surface area contributed by atoms with Gasteiger partial charge in [-0.3, -0.25) is 9.69 Å². The average molecular weight is 232 g/mol. The highest BCUT2D eigenvalue weighted by atomic mass is 16.1. The van der Waals surface area contributed by atoms with Crippen LogP contribution in [-0.2, 0) is 4.79 Å². The fourth-order valence-corrected chi connectivity index (χ4v) is 1.18. The van der Waals surface area contributed by atoms with Gasteiger partial charge in [-0.25, -0.2) is 0 Å². The minimum Gasteiger partial charge on any atom is -0.358 e. The number of rotatable bonds is 6. The van der Waals surface area contributed by atoms with E-state index in [9.17, 15) is 4.79 Å². The van der Waals surface area contributed by atoms with Gasteiger partial charge in [0, 0.05) is 7.05 Å². The average Bonchev–Trinajstić information content (AvgIpc) is 2.34. The van der Waals surface area contributed by atoms with Crippen LogP contribution in [0.5, 0.6) is 0 Å². The number of nitrogens with one attached hydrogen (secondary N) is 1. The molecule has 0 rings (SSSR count). The van der Waals surface area contributed by atoms with E-state index in [1.807, 2.05) is 27.7 Å². The molecule has 0 aromatic heterocycles. The third-order valence-electron chi connectivity index (χ3n) is 1.73. The van der Waals surface area contributed by atoms with Gasteiger partial charge in [0.25, 0.3) is 0 Å². The van der Waals surface area contributed by atoms with Crippen LogP contribution in [0.25, 0.3) is 0 Å². The molecule has 0 aliphatic heterocycles. The van der Waals surface area contributed by atoms with Gasteiger partial charge in [-0.2, -0.15) is 0 Å². The van der Waals surface area contributed by atoms with Crippen molar-refractivity contribution in [3.05, 3.63) is 0 Å². The quantitative estimate of drug-likeness (QED) is 0.763. The zero-order chi connectivity index (χ0) is 13.4. The highest BCUT2D eigenvalue weighted by molar-refractivity contribution is 5.77. The zero-order valence-electron chi connectivity index (χ0n) is 12.4. The third kappa shape index (κ3) is 15.9. The standard InChI is InChI=1S/C9H20N2O.2C2H6/c1-4-6-11(7-5-2)8-9(12)10-3;2*1-2/h4-8H2,1-3H3,(H,10,12);2*1-2H3. The van der Waals surface area contributed by atoms with Crippen LogP contribution in [0.3, 0.4) is 0 Å². The van der Waals surface area contributed by atoms with Crippen molar-refractivity contribution < 1.29 is 4.79 Å². The van der Waals surface area contributed by atoms with E-state index in [4.69, 9.17) is 0 Å². The maximum Gasteiger partial charge on any atom is 0.233 e. The van der Waals surface area contributed by atoms with Crippen LogP contribution in [0.4, 0.5) is 0 Å².